The summed E-state index contributed by atoms with van der Waals surface area (Å²) in [6.07, 6.45) is 5.37. The third-order valence-electron chi connectivity index (χ3n) is 2.72. The summed E-state index contributed by atoms with van der Waals surface area (Å²) in [5.74, 6) is 2.26. The van der Waals surface area contributed by atoms with Crippen LogP contribution in [-0.2, 0) is 0 Å². The molecule has 0 saturated carbocycles. The fourth-order valence-corrected chi connectivity index (χ4v) is 1.92. The van der Waals surface area contributed by atoms with Gasteiger partial charge in [0.2, 0.25) is 0 Å². The fourth-order valence-electron chi connectivity index (χ4n) is 1.72. The van der Waals surface area contributed by atoms with Crippen LogP contribution in [0.3, 0.4) is 0 Å². The highest BCUT2D eigenvalue weighted by Crippen LogP contribution is 2.21. The highest BCUT2D eigenvalue weighted by atomic mass is 35.5. The molecule has 96 valence electrons. The number of benzene rings is 1. The number of hydrogen-bond acceptors (Lipinski definition) is 2. The Balaban J connectivity index is 2.51. The van der Waals surface area contributed by atoms with Crippen LogP contribution in [-0.4, -0.2) is 16.4 Å². The van der Waals surface area contributed by atoms with E-state index < -0.39 is 5.54 Å². The zero-order valence-electron chi connectivity index (χ0n) is 10.7. The van der Waals surface area contributed by atoms with Gasteiger partial charge in [0.1, 0.15) is 5.15 Å². The van der Waals surface area contributed by atoms with Crippen molar-refractivity contribution in [1.82, 2.24) is 10.3 Å². The maximum atomic E-state index is 12.3. The number of aromatic nitrogens is 1. The monoisotopic (exact) mass is 272 g/mol. The summed E-state index contributed by atoms with van der Waals surface area (Å²) in [6.45, 7) is 3.52. The van der Waals surface area contributed by atoms with E-state index in [2.05, 4.69) is 16.2 Å². The lowest BCUT2D eigenvalue weighted by Gasteiger charge is -2.20. The van der Waals surface area contributed by atoms with Gasteiger partial charge in [-0.3, -0.25) is 4.79 Å². The summed E-state index contributed by atoms with van der Waals surface area (Å²) in [6, 6.07) is 8.88. The Morgan fingerprint density at radius 2 is 2.11 bits per heavy atom. The maximum Gasteiger partial charge on any atom is 0.253 e. The van der Waals surface area contributed by atoms with Crippen molar-refractivity contribution in [2.75, 3.05) is 0 Å². The van der Waals surface area contributed by atoms with Crippen LogP contribution in [0.25, 0.3) is 10.9 Å². The van der Waals surface area contributed by atoms with Gasteiger partial charge in [0.05, 0.1) is 16.6 Å². The van der Waals surface area contributed by atoms with Crippen molar-refractivity contribution in [3.63, 3.8) is 0 Å². The van der Waals surface area contributed by atoms with Crippen LogP contribution in [0.15, 0.2) is 30.3 Å². The number of amides is 1. The van der Waals surface area contributed by atoms with Gasteiger partial charge in [-0.15, -0.1) is 6.42 Å². The molecule has 1 heterocycles. The van der Waals surface area contributed by atoms with Gasteiger partial charge in [-0.1, -0.05) is 35.7 Å². The maximum absolute atomic E-state index is 12.3. The molecular weight excluding hydrogens is 260 g/mol. The molecule has 2 rings (SSSR count). The first-order valence-corrected chi connectivity index (χ1v) is 6.16. The molecule has 0 spiro atoms. The minimum Gasteiger partial charge on any atom is -0.336 e. The van der Waals surface area contributed by atoms with E-state index in [0.29, 0.717) is 11.1 Å². The molecule has 3 nitrogen and oxygen atoms in total. The first-order chi connectivity index (χ1) is 8.93. The summed E-state index contributed by atoms with van der Waals surface area (Å²) in [5.41, 5.74) is 0.436. The average molecular weight is 273 g/mol. The molecule has 19 heavy (non-hydrogen) atoms. The normalized spacial score (nSPS) is 11.1. The van der Waals surface area contributed by atoms with Crippen LogP contribution in [0.2, 0.25) is 5.15 Å². The molecule has 0 atom stereocenters. The van der Waals surface area contributed by atoms with Gasteiger partial charge in [0.15, 0.2) is 0 Å². The van der Waals surface area contributed by atoms with Gasteiger partial charge in [-0.05, 0) is 26.0 Å². The first-order valence-electron chi connectivity index (χ1n) is 5.78. The summed E-state index contributed by atoms with van der Waals surface area (Å²) in [5, 5.41) is 3.81. The lowest BCUT2D eigenvalue weighted by Crippen LogP contribution is -2.42. The van der Waals surface area contributed by atoms with E-state index >= 15 is 0 Å². The summed E-state index contributed by atoms with van der Waals surface area (Å²) < 4.78 is 0. The van der Waals surface area contributed by atoms with E-state index in [1.165, 1.54) is 0 Å². The second-order valence-electron chi connectivity index (χ2n) is 4.73. The first kappa shape index (κ1) is 13.4. The van der Waals surface area contributed by atoms with Crippen LogP contribution in [0.4, 0.5) is 0 Å². The lowest BCUT2D eigenvalue weighted by molar-refractivity contribution is 0.0931. The SMILES string of the molecule is C#CC(C)(C)NC(=O)c1cc(Cl)nc2ccccc12. The molecule has 2 aromatic rings. The van der Waals surface area contributed by atoms with Crippen molar-refractivity contribution < 1.29 is 4.79 Å². The van der Waals surface area contributed by atoms with Gasteiger partial charge in [-0.2, -0.15) is 0 Å². The van der Waals surface area contributed by atoms with Gasteiger partial charge < -0.3 is 5.32 Å². The number of halogens is 1. The highest BCUT2D eigenvalue weighted by Gasteiger charge is 2.20. The Morgan fingerprint density at radius 1 is 1.42 bits per heavy atom. The molecule has 1 N–H and O–H groups in total. The van der Waals surface area contributed by atoms with Crippen LogP contribution < -0.4 is 5.32 Å². The van der Waals surface area contributed by atoms with E-state index in [4.69, 9.17) is 18.0 Å². The number of rotatable bonds is 2. The molecule has 0 fully saturated rings. The zero-order chi connectivity index (χ0) is 14.0. The van der Waals surface area contributed by atoms with E-state index in [-0.39, 0.29) is 11.1 Å². The molecule has 1 amide bonds. The third kappa shape index (κ3) is 2.86. The van der Waals surface area contributed by atoms with Crippen LogP contribution >= 0.6 is 11.6 Å². The topological polar surface area (TPSA) is 42.0 Å². The number of para-hydroxylation sites is 1. The van der Waals surface area contributed by atoms with Crippen molar-refractivity contribution in [2.45, 2.75) is 19.4 Å². The van der Waals surface area contributed by atoms with Crippen molar-refractivity contribution in [1.29, 1.82) is 0 Å². The van der Waals surface area contributed by atoms with E-state index in [1.807, 2.05) is 24.3 Å². The molecule has 1 aromatic carbocycles. The Bertz CT molecular complexity index is 686. The van der Waals surface area contributed by atoms with Gasteiger partial charge >= 0.3 is 0 Å². The predicted molar refractivity (Wildman–Crippen MR) is 77.1 cm³/mol. The molecule has 0 aliphatic carbocycles. The van der Waals surface area contributed by atoms with Crippen molar-refractivity contribution in [3.05, 3.63) is 41.0 Å². The van der Waals surface area contributed by atoms with E-state index in [0.717, 1.165) is 5.39 Å². The van der Waals surface area contributed by atoms with E-state index in [9.17, 15) is 4.79 Å². The molecule has 0 aliphatic heterocycles. The number of pyridine rings is 1. The number of hydrogen-bond donors (Lipinski definition) is 1. The second kappa shape index (κ2) is 4.91. The fraction of sp³-hybridized carbons (Fsp3) is 0.200. The van der Waals surface area contributed by atoms with Crippen LogP contribution in [0, 0.1) is 12.3 Å². The third-order valence-corrected chi connectivity index (χ3v) is 2.91. The predicted octanol–water partition coefficient (Wildman–Crippen LogP) is 3.03. The number of nitrogens with zero attached hydrogens (tertiary/aromatic N) is 1. The zero-order valence-corrected chi connectivity index (χ0v) is 11.5. The Morgan fingerprint density at radius 3 is 2.79 bits per heavy atom. The number of carbonyl (C=O) groups excluding carboxylic acids is 1. The second-order valence-corrected chi connectivity index (χ2v) is 5.12. The molecular formula is C15H13ClN2O. The average Bonchev–Trinajstić information content (AvgIpc) is 2.37. The smallest absolute Gasteiger partial charge is 0.253 e. The van der Waals surface area contributed by atoms with Crippen molar-refractivity contribution in [3.8, 4) is 12.3 Å². The highest BCUT2D eigenvalue weighted by molar-refractivity contribution is 6.30. The molecule has 0 bridgehead atoms. The number of terminal acetylenes is 1. The quantitative estimate of drug-likeness (QED) is 0.674. The molecule has 0 aliphatic rings. The summed E-state index contributed by atoms with van der Waals surface area (Å²) >= 11 is 5.94. The molecule has 0 unspecified atom stereocenters. The standard InChI is InChI=1S/C15H13ClN2O/c1-4-15(2,3)18-14(19)11-9-13(16)17-12-8-6-5-7-10(11)12/h1,5-9H,2-3H3,(H,18,19). The number of fused-ring (bicyclic) bond motifs is 1. The Labute approximate surface area is 117 Å². The molecule has 1 aromatic heterocycles. The van der Waals surface area contributed by atoms with Gasteiger partial charge in [0, 0.05) is 5.39 Å². The van der Waals surface area contributed by atoms with Gasteiger partial charge in [-0.25, -0.2) is 4.98 Å². The van der Waals surface area contributed by atoms with Crippen LogP contribution in [0.5, 0.6) is 0 Å². The lowest BCUT2D eigenvalue weighted by atomic mass is 10.0. The number of nitrogens with one attached hydrogen (secondary N) is 1. The molecule has 0 radical (unpaired) electrons. The summed E-state index contributed by atoms with van der Waals surface area (Å²) in [4.78, 5) is 16.5. The number of carbonyl (C=O) groups is 1. The van der Waals surface area contributed by atoms with Crippen LogP contribution in [0.1, 0.15) is 24.2 Å². The minimum atomic E-state index is -0.714. The summed E-state index contributed by atoms with van der Waals surface area (Å²) in [7, 11) is 0. The van der Waals surface area contributed by atoms with Gasteiger partial charge in [0.25, 0.3) is 5.91 Å². The van der Waals surface area contributed by atoms with E-state index in [1.54, 1.807) is 19.9 Å². The molecule has 4 heteroatoms. The Hall–Kier alpha value is -2.05. The molecule has 0 saturated heterocycles. The van der Waals surface area contributed by atoms with Crippen molar-refractivity contribution in [2.24, 2.45) is 0 Å². The largest absolute Gasteiger partial charge is 0.336 e. The minimum absolute atomic E-state index is 0.261. The Kier molecular flexibility index (Phi) is 3.46. The van der Waals surface area contributed by atoms with Crippen molar-refractivity contribution >= 4 is 28.4 Å².